The molecular weight excluding hydrogens is 727 g/mol. The van der Waals surface area contributed by atoms with E-state index in [1.54, 1.807) is 0 Å². The maximum Gasteiger partial charge on any atom is 0.416 e. The van der Waals surface area contributed by atoms with Gasteiger partial charge in [-0.2, -0.15) is 13.2 Å². The normalized spacial score (nSPS) is 31.8. The van der Waals surface area contributed by atoms with Gasteiger partial charge < -0.3 is 19.2 Å². The second kappa shape index (κ2) is 13.8. The summed E-state index contributed by atoms with van der Waals surface area (Å²) in [5.41, 5.74) is 1.46. The predicted octanol–water partition coefficient (Wildman–Crippen LogP) is 11.4. The van der Waals surface area contributed by atoms with Crippen LogP contribution in [0.25, 0.3) is 11.3 Å². The van der Waals surface area contributed by atoms with Crippen LogP contribution in [0.1, 0.15) is 124 Å². The summed E-state index contributed by atoms with van der Waals surface area (Å²) in [5, 5.41) is 11.1. The minimum atomic E-state index is -4.58. The van der Waals surface area contributed by atoms with Crippen LogP contribution in [0.5, 0.6) is 0 Å². The minimum Gasteiger partial charge on any atom is -0.453 e. The Morgan fingerprint density at radius 2 is 1.82 bits per heavy atom. The third-order valence-corrected chi connectivity index (χ3v) is 15.0. The van der Waals surface area contributed by atoms with Crippen LogP contribution in [0.15, 0.2) is 64.6 Å². The highest BCUT2D eigenvalue weighted by atomic mass is 35.5. The van der Waals surface area contributed by atoms with Crippen molar-refractivity contribution in [2.24, 2.45) is 28.6 Å². The van der Waals surface area contributed by atoms with Gasteiger partial charge in [0.05, 0.1) is 23.2 Å². The van der Waals surface area contributed by atoms with Crippen molar-refractivity contribution in [3.63, 3.8) is 0 Å². The Morgan fingerprint density at radius 1 is 1.02 bits per heavy atom. The van der Waals surface area contributed by atoms with Crippen LogP contribution in [0, 0.1) is 28.6 Å². The molecule has 10 rings (SSSR count). The zero-order valence-electron chi connectivity index (χ0n) is 32.1. The second-order valence-corrected chi connectivity index (χ2v) is 18.4. The first-order valence-corrected chi connectivity index (χ1v) is 20.3. The van der Waals surface area contributed by atoms with Crippen molar-refractivity contribution < 1.29 is 37.0 Å². The van der Waals surface area contributed by atoms with E-state index in [0.29, 0.717) is 61.6 Å². The Labute approximate surface area is 326 Å². The first kappa shape index (κ1) is 38.3. The number of aliphatic hydroxyl groups is 1. The van der Waals surface area contributed by atoms with Crippen molar-refractivity contribution in [3.05, 3.63) is 93.2 Å². The van der Waals surface area contributed by atoms with Gasteiger partial charge in [-0.05, 0) is 148 Å². The highest BCUT2D eigenvalue weighted by molar-refractivity contribution is 6.33. The summed E-state index contributed by atoms with van der Waals surface area (Å²) in [5.74, 6) is 1.32. The molecule has 294 valence electrons. The molecule has 6 nitrogen and oxygen atoms in total. The number of benzene rings is 2. The van der Waals surface area contributed by atoms with E-state index >= 15 is 0 Å². The molecule has 1 saturated heterocycles. The van der Waals surface area contributed by atoms with E-state index in [1.165, 1.54) is 36.6 Å². The molecule has 55 heavy (non-hydrogen) atoms. The predicted molar refractivity (Wildman–Crippen MR) is 205 cm³/mol. The topological polar surface area (TPSA) is 80.0 Å². The van der Waals surface area contributed by atoms with Crippen LogP contribution in [0.2, 0.25) is 5.02 Å². The molecule has 3 aromatic rings. The maximum atomic E-state index is 14.6. The summed E-state index contributed by atoms with van der Waals surface area (Å²) in [7, 11) is 0. The fourth-order valence-corrected chi connectivity index (χ4v) is 11.4. The van der Waals surface area contributed by atoms with Gasteiger partial charge >= 0.3 is 12.3 Å². The molecule has 4 bridgehead atoms. The lowest BCUT2D eigenvalue weighted by Gasteiger charge is -2.60. The Bertz CT molecular complexity index is 2030. The van der Waals surface area contributed by atoms with Crippen LogP contribution in [0.4, 0.5) is 18.0 Å². The summed E-state index contributed by atoms with van der Waals surface area (Å²) in [6, 6.07) is 11.8. The second-order valence-electron chi connectivity index (χ2n) is 18.0. The van der Waals surface area contributed by atoms with Gasteiger partial charge in [0.15, 0.2) is 5.76 Å². The molecule has 10 heteroatoms. The number of carbonyl (C=O) groups is 2. The molecule has 1 spiro atoms. The zero-order valence-corrected chi connectivity index (χ0v) is 32.9. The van der Waals surface area contributed by atoms with Gasteiger partial charge in [-0.3, -0.25) is 4.79 Å². The number of halogens is 4. The van der Waals surface area contributed by atoms with Gasteiger partial charge in [0.1, 0.15) is 11.4 Å². The highest BCUT2D eigenvalue weighted by Crippen LogP contribution is 2.64. The number of furan rings is 1. The number of alkyl halides is 3. The first-order valence-electron chi connectivity index (χ1n) is 20.0. The van der Waals surface area contributed by atoms with Crippen molar-refractivity contribution in [1.29, 1.82) is 0 Å². The Balaban J connectivity index is 1.15. The number of ether oxygens (including phenoxy) is 1. The number of fused-ring (bicyclic) bond motifs is 10. The van der Waals surface area contributed by atoms with Gasteiger partial charge in [0, 0.05) is 23.1 Å². The Hall–Kier alpha value is -3.56. The monoisotopic (exact) mass is 777 g/mol. The van der Waals surface area contributed by atoms with E-state index in [4.69, 9.17) is 20.8 Å². The Kier molecular flexibility index (Phi) is 9.63. The number of aliphatic hydroxyl groups excluding tert-OH is 1. The van der Waals surface area contributed by atoms with Crippen LogP contribution >= 0.6 is 11.6 Å². The van der Waals surface area contributed by atoms with Gasteiger partial charge in [0.2, 0.25) is 5.78 Å². The average molecular weight is 778 g/mol. The van der Waals surface area contributed by atoms with Gasteiger partial charge in [0.25, 0.3) is 0 Å². The molecule has 1 aliphatic heterocycles. The number of amides is 1. The molecule has 0 radical (unpaired) electrons. The molecular formula is C45H51ClF3NO5. The quantitative estimate of drug-likeness (QED) is 0.206. The van der Waals surface area contributed by atoms with Crippen LogP contribution in [0.3, 0.4) is 0 Å². The number of carbonyl (C=O) groups excluding carboxylic acids is 2. The summed E-state index contributed by atoms with van der Waals surface area (Å²) >= 11 is 6.34. The van der Waals surface area contributed by atoms with Crippen LogP contribution in [-0.2, 0) is 17.3 Å². The smallest absolute Gasteiger partial charge is 0.416 e. The number of allylic oxidation sites excluding steroid dienone is 2. The molecule has 2 aromatic carbocycles. The van der Waals surface area contributed by atoms with Gasteiger partial charge in [-0.25, -0.2) is 4.79 Å². The van der Waals surface area contributed by atoms with E-state index in [2.05, 4.69) is 33.8 Å². The van der Waals surface area contributed by atoms with Crippen molar-refractivity contribution in [2.45, 2.75) is 116 Å². The number of rotatable bonds is 5. The van der Waals surface area contributed by atoms with Crippen molar-refractivity contribution in [3.8, 4) is 11.3 Å². The van der Waals surface area contributed by atoms with Crippen molar-refractivity contribution in [2.75, 3.05) is 13.1 Å². The van der Waals surface area contributed by atoms with Crippen molar-refractivity contribution in [1.82, 2.24) is 4.90 Å². The van der Waals surface area contributed by atoms with Gasteiger partial charge in [-0.1, -0.05) is 56.2 Å². The van der Waals surface area contributed by atoms with Crippen LogP contribution < -0.4 is 0 Å². The molecule has 1 aromatic heterocycles. The van der Waals surface area contributed by atoms with Crippen LogP contribution in [-0.4, -0.2) is 46.7 Å². The molecule has 0 unspecified atom stereocenters. The number of ketones is 1. The van der Waals surface area contributed by atoms with Crippen molar-refractivity contribution >= 4 is 23.5 Å². The summed E-state index contributed by atoms with van der Waals surface area (Å²) in [6.45, 7) is 10.3. The number of hydrogen-bond acceptors (Lipinski definition) is 5. The Morgan fingerprint density at radius 3 is 2.56 bits per heavy atom. The molecule has 1 N–H and O–H groups in total. The average Bonchev–Trinajstić information content (AvgIpc) is 3.82. The molecule has 4 saturated carbocycles. The fraction of sp³-hybridized carbons (Fsp3) is 0.556. The van der Waals surface area contributed by atoms with Gasteiger partial charge in [-0.15, -0.1) is 0 Å². The summed E-state index contributed by atoms with van der Waals surface area (Å²) in [4.78, 5) is 30.5. The van der Waals surface area contributed by atoms with E-state index in [0.717, 1.165) is 54.9 Å². The summed E-state index contributed by atoms with van der Waals surface area (Å²) in [6.07, 6.45) is 4.92. The van der Waals surface area contributed by atoms with E-state index in [9.17, 15) is 27.9 Å². The van der Waals surface area contributed by atoms with E-state index in [-0.39, 0.29) is 34.1 Å². The molecule has 7 atom stereocenters. The van der Waals surface area contributed by atoms with E-state index < -0.39 is 34.6 Å². The third-order valence-electron chi connectivity index (χ3n) is 14.7. The lowest BCUT2D eigenvalue weighted by Crippen LogP contribution is -2.55. The number of nitrogens with zero attached hydrogens (tertiary/aromatic N) is 1. The SMILES string of the molecule is CC1=CCC[C@@]2(C)[C@@H](CC[C@@]23CN(C[C@@H]2CC[C@H]4C[C@@H]2C4(C)C)C(=O)O3)c2ccc(cc2C(=O)c2ccc(-c3cc(C(F)(F)F)ccc3Cl)o2)C[C@@H](O)CC1. The standard InChI is InChI=1S/C45H51ClF3NO5/c1-26-6-5-18-43(4)35(17-19-44(43)25-50(41(53)55-44)24-28-9-10-29-23-36(28)42(29,2)3)32-13-8-27(20-31(51)12-7-26)21-33(32)40(52)39-16-15-38(54-39)34-22-30(45(47,48)49)11-14-37(34)46/h6,8,11,13-16,21-22,28-29,31,35-36,51H,5,7,9-10,12,17-20,23-25H2,1-4H3/t28-,29-,31-,35-,36-,43-,44+/m0/s1. The van der Waals surface area contributed by atoms with E-state index in [1.807, 2.05) is 23.1 Å². The minimum absolute atomic E-state index is 0.0244. The number of hydrogen-bond donors (Lipinski definition) is 1. The lowest BCUT2D eigenvalue weighted by molar-refractivity contribution is -0.137. The maximum absolute atomic E-state index is 14.6. The molecule has 2 heterocycles. The molecule has 7 aliphatic rings. The zero-order chi connectivity index (χ0) is 39.1. The molecule has 5 fully saturated rings. The highest BCUT2D eigenvalue weighted by Gasteiger charge is 2.64. The molecule has 1 amide bonds. The first-order chi connectivity index (χ1) is 26.0. The lowest BCUT2D eigenvalue weighted by atomic mass is 9.45. The largest absolute Gasteiger partial charge is 0.453 e. The third kappa shape index (κ3) is 6.65. The molecule has 6 aliphatic carbocycles. The fourth-order valence-electron chi connectivity index (χ4n) is 11.2. The summed E-state index contributed by atoms with van der Waals surface area (Å²) < 4.78 is 53.4.